The van der Waals surface area contributed by atoms with Crippen LogP contribution in [0.25, 0.3) is 0 Å². The van der Waals surface area contributed by atoms with Crippen LogP contribution in [0.3, 0.4) is 0 Å². The summed E-state index contributed by atoms with van der Waals surface area (Å²) in [6.07, 6.45) is 2.47. The highest BCUT2D eigenvalue weighted by atomic mass is 16.5. The van der Waals surface area contributed by atoms with Crippen molar-refractivity contribution in [1.82, 2.24) is 0 Å². The van der Waals surface area contributed by atoms with Crippen LogP contribution in [0.2, 0.25) is 0 Å². The minimum Gasteiger partial charge on any atom is -0.491 e. The third kappa shape index (κ3) is 6.05. The number of benzene rings is 1. The summed E-state index contributed by atoms with van der Waals surface area (Å²) in [6.45, 7) is 1.88. The Bertz CT molecular complexity index is 305. The summed E-state index contributed by atoms with van der Waals surface area (Å²) in [7, 11) is 0. The van der Waals surface area contributed by atoms with Gasteiger partial charge in [-0.05, 0) is 25.0 Å². The molecule has 0 heterocycles. The van der Waals surface area contributed by atoms with Gasteiger partial charge in [0, 0.05) is 13.0 Å². The molecule has 0 aliphatic carbocycles. The third-order valence-corrected chi connectivity index (χ3v) is 2.07. The van der Waals surface area contributed by atoms with Gasteiger partial charge in [-0.25, -0.2) is 0 Å². The first-order valence-electron chi connectivity index (χ1n) is 5.56. The lowest BCUT2D eigenvalue weighted by Gasteiger charge is -2.06. The summed E-state index contributed by atoms with van der Waals surface area (Å²) in [4.78, 5) is 0. The molecule has 0 amide bonds. The summed E-state index contributed by atoms with van der Waals surface area (Å²) in [5.74, 6) is 0.871. The van der Waals surface area contributed by atoms with Crippen LogP contribution in [0.5, 0.6) is 5.75 Å². The fraction of sp³-hybridized carbons (Fsp3) is 0.462. The second-order valence-corrected chi connectivity index (χ2v) is 3.39. The van der Waals surface area contributed by atoms with E-state index >= 15 is 0 Å². The van der Waals surface area contributed by atoms with Gasteiger partial charge in [-0.1, -0.05) is 18.2 Å². The lowest BCUT2D eigenvalue weighted by Crippen LogP contribution is -2.07. The van der Waals surface area contributed by atoms with Gasteiger partial charge in [0.05, 0.1) is 12.7 Å². The number of hydrogen-bond acceptors (Lipinski definition) is 3. The Hall–Kier alpha value is -1.53. The van der Waals surface area contributed by atoms with Gasteiger partial charge in [-0.3, -0.25) is 0 Å². The monoisotopic (exact) mass is 219 g/mol. The summed E-state index contributed by atoms with van der Waals surface area (Å²) in [5, 5.41) is 8.32. The molecule has 1 aromatic rings. The van der Waals surface area contributed by atoms with Crippen LogP contribution in [0.1, 0.15) is 19.3 Å². The van der Waals surface area contributed by atoms with Gasteiger partial charge in [0.1, 0.15) is 12.4 Å². The molecule has 3 heteroatoms. The van der Waals surface area contributed by atoms with Crippen molar-refractivity contribution >= 4 is 0 Å². The smallest absolute Gasteiger partial charge is 0.119 e. The Kier molecular flexibility index (Phi) is 6.86. The maximum absolute atomic E-state index is 8.32. The van der Waals surface area contributed by atoms with Crippen LogP contribution in [-0.4, -0.2) is 19.8 Å². The van der Waals surface area contributed by atoms with Crippen molar-refractivity contribution in [3.8, 4) is 11.8 Å². The largest absolute Gasteiger partial charge is 0.491 e. The Balaban J connectivity index is 1.91. The highest BCUT2D eigenvalue weighted by Gasteiger charge is 1.92. The normalized spacial score (nSPS) is 9.69. The highest BCUT2D eigenvalue weighted by molar-refractivity contribution is 5.20. The predicted octanol–water partition coefficient (Wildman–Crippen LogP) is 2.78. The minimum atomic E-state index is 0.572. The molecule has 0 saturated heterocycles. The van der Waals surface area contributed by atoms with Crippen molar-refractivity contribution < 1.29 is 9.47 Å². The second kappa shape index (κ2) is 8.75. The van der Waals surface area contributed by atoms with Crippen molar-refractivity contribution in [2.75, 3.05) is 19.8 Å². The van der Waals surface area contributed by atoms with Gasteiger partial charge in [-0.2, -0.15) is 5.26 Å². The number of unbranched alkanes of at least 4 members (excludes halogenated alkanes) is 2. The van der Waals surface area contributed by atoms with Crippen LogP contribution in [-0.2, 0) is 4.74 Å². The number of nitriles is 1. The maximum Gasteiger partial charge on any atom is 0.119 e. The summed E-state index contributed by atoms with van der Waals surface area (Å²) in [5.41, 5.74) is 0. The first-order chi connectivity index (χ1) is 7.93. The maximum atomic E-state index is 8.32. The number of para-hydroxylation sites is 1. The summed E-state index contributed by atoms with van der Waals surface area (Å²) in [6, 6.07) is 11.8. The van der Waals surface area contributed by atoms with Crippen LogP contribution < -0.4 is 4.74 Å². The molecule has 16 heavy (non-hydrogen) atoms. The van der Waals surface area contributed by atoms with E-state index in [1.54, 1.807) is 0 Å². The van der Waals surface area contributed by atoms with E-state index in [4.69, 9.17) is 14.7 Å². The van der Waals surface area contributed by atoms with Gasteiger partial charge in [-0.15, -0.1) is 0 Å². The molecule has 0 radical (unpaired) electrons. The van der Waals surface area contributed by atoms with Gasteiger partial charge < -0.3 is 9.47 Å². The molecule has 0 fully saturated rings. The SMILES string of the molecule is N#CCCCCOCCOc1ccccc1. The predicted molar refractivity (Wildman–Crippen MR) is 62.2 cm³/mol. The van der Waals surface area contributed by atoms with E-state index in [1.165, 1.54) is 0 Å². The van der Waals surface area contributed by atoms with Crippen LogP contribution in [0.4, 0.5) is 0 Å². The minimum absolute atomic E-state index is 0.572. The van der Waals surface area contributed by atoms with Gasteiger partial charge in [0.15, 0.2) is 0 Å². The third-order valence-electron chi connectivity index (χ3n) is 2.07. The molecule has 1 aromatic carbocycles. The number of ether oxygens (including phenoxy) is 2. The molecule has 0 saturated carbocycles. The van der Waals surface area contributed by atoms with Crippen molar-refractivity contribution in [2.45, 2.75) is 19.3 Å². The zero-order chi connectivity index (χ0) is 11.5. The molecule has 0 aromatic heterocycles. The van der Waals surface area contributed by atoms with E-state index in [9.17, 15) is 0 Å². The van der Waals surface area contributed by atoms with Gasteiger partial charge >= 0.3 is 0 Å². The van der Waals surface area contributed by atoms with Crippen molar-refractivity contribution in [1.29, 1.82) is 5.26 Å². The first-order valence-corrected chi connectivity index (χ1v) is 5.56. The van der Waals surface area contributed by atoms with Crippen molar-refractivity contribution in [3.05, 3.63) is 30.3 Å². The topological polar surface area (TPSA) is 42.2 Å². The summed E-state index contributed by atoms with van der Waals surface area (Å²) < 4.78 is 10.8. The van der Waals surface area contributed by atoms with Crippen LogP contribution >= 0.6 is 0 Å². The zero-order valence-electron chi connectivity index (χ0n) is 9.39. The van der Waals surface area contributed by atoms with E-state index in [1.807, 2.05) is 30.3 Å². The summed E-state index contributed by atoms with van der Waals surface area (Å²) >= 11 is 0. The van der Waals surface area contributed by atoms with Crippen molar-refractivity contribution in [2.24, 2.45) is 0 Å². The number of hydrogen-bond donors (Lipinski definition) is 0. The van der Waals surface area contributed by atoms with Crippen molar-refractivity contribution in [3.63, 3.8) is 0 Å². The average Bonchev–Trinajstić information content (AvgIpc) is 2.34. The Labute approximate surface area is 96.6 Å². The van der Waals surface area contributed by atoms with E-state index in [0.717, 1.165) is 18.6 Å². The first kappa shape index (κ1) is 12.5. The number of rotatable bonds is 8. The average molecular weight is 219 g/mol. The zero-order valence-corrected chi connectivity index (χ0v) is 9.39. The molecule has 0 spiro atoms. The molecule has 1 rings (SSSR count). The molecule has 3 nitrogen and oxygen atoms in total. The van der Waals surface area contributed by atoms with E-state index in [2.05, 4.69) is 6.07 Å². The molecule has 0 bridgehead atoms. The molecule has 0 unspecified atom stereocenters. The lowest BCUT2D eigenvalue weighted by atomic mass is 10.3. The van der Waals surface area contributed by atoms with E-state index < -0.39 is 0 Å². The molecule has 86 valence electrons. The lowest BCUT2D eigenvalue weighted by molar-refractivity contribution is 0.0976. The molecular weight excluding hydrogens is 202 g/mol. The van der Waals surface area contributed by atoms with Crippen LogP contribution in [0, 0.1) is 11.3 Å². The fourth-order valence-corrected chi connectivity index (χ4v) is 1.25. The molecular formula is C13H17NO2. The standard InChI is InChI=1S/C13H17NO2/c14-9-5-2-6-10-15-11-12-16-13-7-3-1-4-8-13/h1,3-4,7-8H,2,5-6,10-12H2. The van der Waals surface area contributed by atoms with Crippen LogP contribution in [0.15, 0.2) is 30.3 Å². The van der Waals surface area contributed by atoms with E-state index in [0.29, 0.717) is 26.2 Å². The quantitative estimate of drug-likeness (QED) is 0.631. The van der Waals surface area contributed by atoms with E-state index in [-0.39, 0.29) is 0 Å². The fourth-order valence-electron chi connectivity index (χ4n) is 1.25. The molecule has 0 aliphatic rings. The molecule has 0 atom stereocenters. The van der Waals surface area contributed by atoms with Gasteiger partial charge in [0.2, 0.25) is 0 Å². The van der Waals surface area contributed by atoms with Gasteiger partial charge in [0.25, 0.3) is 0 Å². The Morgan fingerprint density at radius 1 is 1.00 bits per heavy atom. The molecule has 0 N–H and O–H groups in total. The molecule has 0 aliphatic heterocycles. The second-order valence-electron chi connectivity index (χ2n) is 3.39. The number of nitrogens with zero attached hydrogens (tertiary/aromatic N) is 1. The highest BCUT2D eigenvalue weighted by Crippen LogP contribution is 2.07. The Morgan fingerprint density at radius 3 is 2.56 bits per heavy atom. The Morgan fingerprint density at radius 2 is 1.81 bits per heavy atom.